The summed E-state index contributed by atoms with van der Waals surface area (Å²) in [6, 6.07) is 15.0. The number of benzene rings is 2. The Labute approximate surface area is 112 Å². The zero-order valence-corrected chi connectivity index (χ0v) is 10.8. The number of carboxylic acid groups (broad SMARTS) is 1. The van der Waals surface area contributed by atoms with Gasteiger partial charge in [0.1, 0.15) is 0 Å². The fourth-order valence-electron chi connectivity index (χ4n) is 2.15. The molecular weight excluding hydrogens is 238 g/mol. The van der Waals surface area contributed by atoms with Crippen LogP contribution in [-0.2, 0) is 11.2 Å². The third-order valence-electron chi connectivity index (χ3n) is 3.16. The summed E-state index contributed by atoms with van der Waals surface area (Å²) in [6.45, 7) is 2.00. The van der Waals surface area contributed by atoms with Crippen molar-refractivity contribution in [3.05, 3.63) is 65.2 Å². The number of nitrogen functional groups attached to an aromatic ring is 1. The van der Waals surface area contributed by atoms with Gasteiger partial charge < -0.3 is 10.8 Å². The third-order valence-corrected chi connectivity index (χ3v) is 3.16. The highest BCUT2D eigenvalue weighted by Crippen LogP contribution is 2.22. The molecule has 19 heavy (non-hydrogen) atoms. The zero-order chi connectivity index (χ0) is 13.8. The fourth-order valence-corrected chi connectivity index (χ4v) is 2.15. The smallest absolute Gasteiger partial charge is 0.311 e. The van der Waals surface area contributed by atoms with Crippen molar-refractivity contribution in [2.24, 2.45) is 0 Å². The average molecular weight is 255 g/mol. The normalized spacial score (nSPS) is 12.1. The second-order valence-corrected chi connectivity index (χ2v) is 4.75. The Morgan fingerprint density at radius 3 is 2.47 bits per heavy atom. The Kier molecular flexibility index (Phi) is 3.85. The van der Waals surface area contributed by atoms with E-state index >= 15 is 0 Å². The van der Waals surface area contributed by atoms with E-state index in [4.69, 9.17) is 5.73 Å². The van der Waals surface area contributed by atoms with Crippen LogP contribution in [0.15, 0.2) is 48.5 Å². The Morgan fingerprint density at radius 2 is 1.89 bits per heavy atom. The van der Waals surface area contributed by atoms with Gasteiger partial charge in [0, 0.05) is 5.69 Å². The first-order chi connectivity index (χ1) is 9.06. The molecule has 0 amide bonds. The van der Waals surface area contributed by atoms with Crippen molar-refractivity contribution in [2.45, 2.75) is 19.3 Å². The van der Waals surface area contributed by atoms with Crippen LogP contribution in [0.3, 0.4) is 0 Å². The van der Waals surface area contributed by atoms with Gasteiger partial charge in [-0.15, -0.1) is 0 Å². The lowest BCUT2D eigenvalue weighted by Crippen LogP contribution is -2.14. The zero-order valence-electron chi connectivity index (χ0n) is 10.8. The van der Waals surface area contributed by atoms with Crippen LogP contribution in [0.1, 0.15) is 22.6 Å². The van der Waals surface area contributed by atoms with Crippen molar-refractivity contribution < 1.29 is 9.90 Å². The van der Waals surface area contributed by atoms with E-state index in [-0.39, 0.29) is 0 Å². The molecule has 3 N–H and O–H groups in total. The summed E-state index contributed by atoms with van der Waals surface area (Å²) in [6.07, 6.45) is 0.487. The maximum atomic E-state index is 11.4. The number of carbonyl (C=O) groups is 1. The summed E-state index contributed by atoms with van der Waals surface area (Å²) in [5.74, 6) is -1.35. The molecule has 0 bridgehead atoms. The summed E-state index contributed by atoms with van der Waals surface area (Å²) in [7, 11) is 0. The molecule has 1 atom stereocenters. The van der Waals surface area contributed by atoms with Crippen LogP contribution < -0.4 is 5.73 Å². The third kappa shape index (κ3) is 3.35. The standard InChI is InChI=1S/C16H17NO2/c1-11-3-2-4-12(9-11)10-15(16(18)19)13-5-7-14(17)8-6-13/h2-9,15H,10,17H2,1H3,(H,18,19). The molecule has 2 aromatic carbocycles. The first-order valence-electron chi connectivity index (χ1n) is 6.20. The van der Waals surface area contributed by atoms with Crippen molar-refractivity contribution in [1.82, 2.24) is 0 Å². The quantitative estimate of drug-likeness (QED) is 0.825. The lowest BCUT2D eigenvalue weighted by molar-refractivity contribution is -0.138. The summed E-state index contributed by atoms with van der Waals surface area (Å²) in [5.41, 5.74) is 9.22. The van der Waals surface area contributed by atoms with E-state index in [1.807, 2.05) is 31.2 Å². The molecule has 0 aliphatic rings. The summed E-state index contributed by atoms with van der Waals surface area (Å²) in [4.78, 5) is 11.4. The van der Waals surface area contributed by atoms with Gasteiger partial charge in [0.15, 0.2) is 0 Å². The Balaban J connectivity index is 2.26. The number of carboxylic acids is 1. The molecule has 3 heteroatoms. The van der Waals surface area contributed by atoms with E-state index in [9.17, 15) is 9.90 Å². The Morgan fingerprint density at radius 1 is 1.21 bits per heavy atom. The van der Waals surface area contributed by atoms with E-state index < -0.39 is 11.9 Å². The molecule has 0 saturated carbocycles. The van der Waals surface area contributed by atoms with Gasteiger partial charge in [0.2, 0.25) is 0 Å². The minimum atomic E-state index is -0.814. The van der Waals surface area contributed by atoms with Crippen LogP contribution in [0.5, 0.6) is 0 Å². The van der Waals surface area contributed by atoms with Crippen LogP contribution in [0.25, 0.3) is 0 Å². The molecule has 0 aromatic heterocycles. The monoisotopic (exact) mass is 255 g/mol. The second kappa shape index (κ2) is 5.57. The van der Waals surface area contributed by atoms with Gasteiger partial charge in [0.25, 0.3) is 0 Å². The molecule has 0 radical (unpaired) electrons. The average Bonchev–Trinajstić information content (AvgIpc) is 2.37. The fraction of sp³-hybridized carbons (Fsp3) is 0.188. The number of hydrogen-bond acceptors (Lipinski definition) is 2. The van der Waals surface area contributed by atoms with Gasteiger partial charge >= 0.3 is 5.97 Å². The topological polar surface area (TPSA) is 63.3 Å². The van der Waals surface area contributed by atoms with E-state index in [1.165, 1.54) is 0 Å². The molecule has 1 unspecified atom stereocenters. The molecule has 98 valence electrons. The molecule has 0 fully saturated rings. The van der Waals surface area contributed by atoms with Crippen LogP contribution in [0.2, 0.25) is 0 Å². The molecular formula is C16H17NO2. The number of anilines is 1. The van der Waals surface area contributed by atoms with Crippen LogP contribution in [-0.4, -0.2) is 11.1 Å². The first-order valence-corrected chi connectivity index (χ1v) is 6.20. The van der Waals surface area contributed by atoms with Gasteiger partial charge in [-0.25, -0.2) is 0 Å². The molecule has 0 spiro atoms. The lowest BCUT2D eigenvalue weighted by Gasteiger charge is -2.13. The highest BCUT2D eigenvalue weighted by molar-refractivity contribution is 5.76. The number of aliphatic carboxylic acids is 1. The highest BCUT2D eigenvalue weighted by atomic mass is 16.4. The largest absolute Gasteiger partial charge is 0.481 e. The maximum Gasteiger partial charge on any atom is 0.311 e. The number of rotatable bonds is 4. The predicted octanol–water partition coefficient (Wildman–Crippen LogP) is 2.99. The van der Waals surface area contributed by atoms with Crippen molar-refractivity contribution >= 4 is 11.7 Å². The Bertz CT molecular complexity index is 576. The van der Waals surface area contributed by atoms with E-state index in [0.717, 1.165) is 16.7 Å². The first kappa shape index (κ1) is 13.1. The Hall–Kier alpha value is -2.29. The van der Waals surface area contributed by atoms with Crippen molar-refractivity contribution in [3.8, 4) is 0 Å². The molecule has 0 heterocycles. The number of aryl methyl sites for hydroxylation is 1. The van der Waals surface area contributed by atoms with E-state index in [2.05, 4.69) is 0 Å². The summed E-state index contributed by atoms with van der Waals surface area (Å²) < 4.78 is 0. The lowest BCUT2D eigenvalue weighted by atomic mass is 9.91. The molecule has 2 aromatic rings. The maximum absolute atomic E-state index is 11.4. The van der Waals surface area contributed by atoms with Gasteiger partial charge in [-0.05, 0) is 36.6 Å². The van der Waals surface area contributed by atoms with Gasteiger partial charge in [-0.1, -0.05) is 42.0 Å². The molecule has 0 aliphatic carbocycles. The van der Waals surface area contributed by atoms with Crippen molar-refractivity contribution in [1.29, 1.82) is 0 Å². The van der Waals surface area contributed by atoms with Gasteiger partial charge in [-0.2, -0.15) is 0 Å². The predicted molar refractivity (Wildman–Crippen MR) is 76.1 cm³/mol. The number of nitrogens with two attached hydrogens (primary N) is 1. The van der Waals surface area contributed by atoms with Crippen LogP contribution in [0.4, 0.5) is 5.69 Å². The van der Waals surface area contributed by atoms with Gasteiger partial charge in [0.05, 0.1) is 5.92 Å². The molecule has 0 aliphatic heterocycles. The summed E-state index contributed by atoms with van der Waals surface area (Å²) >= 11 is 0. The van der Waals surface area contributed by atoms with Crippen molar-refractivity contribution in [2.75, 3.05) is 5.73 Å². The van der Waals surface area contributed by atoms with Gasteiger partial charge in [-0.3, -0.25) is 4.79 Å². The minimum Gasteiger partial charge on any atom is -0.481 e. The molecule has 3 nitrogen and oxygen atoms in total. The highest BCUT2D eigenvalue weighted by Gasteiger charge is 2.20. The molecule has 2 rings (SSSR count). The van der Waals surface area contributed by atoms with E-state index in [0.29, 0.717) is 12.1 Å². The van der Waals surface area contributed by atoms with Crippen LogP contribution >= 0.6 is 0 Å². The van der Waals surface area contributed by atoms with E-state index in [1.54, 1.807) is 24.3 Å². The summed E-state index contributed by atoms with van der Waals surface area (Å²) in [5, 5.41) is 9.40. The number of hydrogen-bond donors (Lipinski definition) is 2. The van der Waals surface area contributed by atoms with Crippen LogP contribution in [0, 0.1) is 6.92 Å². The minimum absolute atomic E-state index is 0.487. The second-order valence-electron chi connectivity index (χ2n) is 4.75. The molecule has 0 saturated heterocycles. The van der Waals surface area contributed by atoms with Crippen molar-refractivity contribution in [3.63, 3.8) is 0 Å². The SMILES string of the molecule is Cc1cccc(CC(C(=O)O)c2ccc(N)cc2)c1.